The Morgan fingerprint density at radius 1 is 1.56 bits per heavy atom. The monoisotopic (exact) mass is 246 g/mol. The Bertz CT molecular complexity index is 325. The maximum atomic E-state index is 11.1. The molecular weight excluding hydrogens is 230 g/mol. The molecule has 1 unspecified atom stereocenters. The third-order valence-corrected chi connectivity index (χ3v) is 2.29. The van der Waals surface area contributed by atoms with Crippen molar-refractivity contribution in [1.29, 1.82) is 0 Å². The highest BCUT2D eigenvalue weighted by Gasteiger charge is 2.10. The fourth-order valence-corrected chi connectivity index (χ4v) is 1.10. The standard InChI is InChI=1S/C11H17NO3.ClH/c1-4-8(2)12-7-9-5-6-10(15-9)11(13)14-3;/h5-6,8,12H,4,7H2,1-3H3;1H/p-1. The molecule has 5 heteroatoms. The SMILES string of the molecule is CCC(C)NCc1ccc(C(=O)OC)o1.[Cl-]. The number of ether oxygens (including phenoxy) is 1. The first-order valence-corrected chi connectivity index (χ1v) is 5.07. The summed E-state index contributed by atoms with van der Waals surface area (Å²) in [6.07, 6.45) is 1.06. The van der Waals surface area contributed by atoms with Crippen molar-refractivity contribution >= 4 is 5.97 Å². The first kappa shape index (κ1) is 15.0. The lowest BCUT2D eigenvalue weighted by Gasteiger charge is -2.08. The van der Waals surface area contributed by atoms with Crippen LogP contribution in [0.3, 0.4) is 0 Å². The summed E-state index contributed by atoms with van der Waals surface area (Å²) in [6.45, 7) is 4.84. The van der Waals surface area contributed by atoms with Crippen molar-refractivity contribution in [3.05, 3.63) is 23.7 Å². The molecular formula is C11H17ClNO3-. The predicted molar refractivity (Wildman–Crippen MR) is 56.6 cm³/mol. The van der Waals surface area contributed by atoms with Gasteiger partial charge < -0.3 is 26.9 Å². The molecule has 0 aliphatic heterocycles. The van der Waals surface area contributed by atoms with Gasteiger partial charge >= 0.3 is 5.97 Å². The molecule has 1 heterocycles. The third-order valence-electron chi connectivity index (χ3n) is 2.29. The summed E-state index contributed by atoms with van der Waals surface area (Å²) in [5.41, 5.74) is 0. The molecule has 0 aliphatic rings. The molecule has 1 atom stereocenters. The minimum absolute atomic E-state index is 0. The first-order chi connectivity index (χ1) is 7.17. The molecule has 0 bridgehead atoms. The van der Waals surface area contributed by atoms with Crippen molar-refractivity contribution in [3.63, 3.8) is 0 Å². The maximum Gasteiger partial charge on any atom is 0.373 e. The fourth-order valence-electron chi connectivity index (χ4n) is 1.10. The van der Waals surface area contributed by atoms with Crippen molar-refractivity contribution in [1.82, 2.24) is 5.32 Å². The minimum Gasteiger partial charge on any atom is -1.00 e. The Balaban J connectivity index is 0.00000225. The molecule has 1 rings (SSSR count). The van der Waals surface area contributed by atoms with E-state index in [1.807, 2.05) is 0 Å². The topological polar surface area (TPSA) is 51.5 Å². The molecule has 0 aliphatic carbocycles. The lowest BCUT2D eigenvalue weighted by molar-refractivity contribution is -0.0000179. The Kier molecular flexibility index (Phi) is 6.85. The average molecular weight is 247 g/mol. The zero-order valence-electron chi connectivity index (χ0n) is 9.75. The van der Waals surface area contributed by atoms with Crippen LogP contribution in [0.25, 0.3) is 0 Å². The molecule has 1 N–H and O–H groups in total. The van der Waals surface area contributed by atoms with E-state index in [1.54, 1.807) is 12.1 Å². The summed E-state index contributed by atoms with van der Waals surface area (Å²) in [5, 5.41) is 3.27. The van der Waals surface area contributed by atoms with Crippen LogP contribution in [0.1, 0.15) is 36.6 Å². The van der Waals surface area contributed by atoms with E-state index in [-0.39, 0.29) is 18.2 Å². The highest BCUT2D eigenvalue weighted by Crippen LogP contribution is 2.09. The summed E-state index contributed by atoms with van der Waals surface area (Å²) in [6, 6.07) is 3.85. The van der Waals surface area contributed by atoms with Crippen LogP contribution in [0, 0.1) is 0 Å². The maximum absolute atomic E-state index is 11.1. The highest BCUT2D eigenvalue weighted by molar-refractivity contribution is 5.86. The molecule has 4 nitrogen and oxygen atoms in total. The van der Waals surface area contributed by atoms with Gasteiger partial charge in [-0.1, -0.05) is 6.92 Å². The Morgan fingerprint density at radius 2 is 2.25 bits per heavy atom. The molecule has 0 radical (unpaired) electrons. The van der Waals surface area contributed by atoms with Crippen LogP contribution in [-0.2, 0) is 11.3 Å². The number of methoxy groups -OCH3 is 1. The van der Waals surface area contributed by atoms with Gasteiger partial charge in [0.15, 0.2) is 0 Å². The van der Waals surface area contributed by atoms with Gasteiger partial charge in [-0.2, -0.15) is 0 Å². The van der Waals surface area contributed by atoms with Gasteiger partial charge in [0.25, 0.3) is 0 Å². The number of hydrogen-bond acceptors (Lipinski definition) is 4. The van der Waals surface area contributed by atoms with Crippen LogP contribution < -0.4 is 17.7 Å². The zero-order chi connectivity index (χ0) is 11.3. The molecule has 92 valence electrons. The Labute approximate surface area is 102 Å². The van der Waals surface area contributed by atoms with Gasteiger partial charge in [-0.25, -0.2) is 4.79 Å². The predicted octanol–water partition coefficient (Wildman–Crippen LogP) is -1.04. The lowest BCUT2D eigenvalue weighted by Crippen LogP contribution is -3.00. The van der Waals surface area contributed by atoms with Crippen molar-refractivity contribution < 1.29 is 26.4 Å². The second-order valence-corrected chi connectivity index (χ2v) is 3.45. The van der Waals surface area contributed by atoms with Crippen molar-refractivity contribution in [2.75, 3.05) is 7.11 Å². The average Bonchev–Trinajstić information content (AvgIpc) is 2.73. The quantitative estimate of drug-likeness (QED) is 0.675. The number of hydrogen-bond donors (Lipinski definition) is 1. The zero-order valence-corrected chi connectivity index (χ0v) is 10.5. The summed E-state index contributed by atoms with van der Waals surface area (Å²) < 4.78 is 9.84. The molecule has 0 saturated carbocycles. The molecule has 16 heavy (non-hydrogen) atoms. The molecule has 1 aromatic heterocycles. The van der Waals surface area contributed by atoms with E-state index in [0.29, 0.717) is 12.6 Å². The van der Waals surface area contributed by atoms with E-state index >= 15 is 0 Å². The van der Waals surface area contributed by atoms with Gasteiger partial charge in [0.05, 0.1) is 13.7 Å². The first-order valence-electron chi connectivity index (χ1n) is 5.07. The van der Waals surface area contributed by atoms with Crippen LogP contribution in [0.5, 0.6) is 0 Å². The molecule has 1 aromatic rings. The van der Waals surface area contributed by atoms with Crippen LogP contribution >= 0.6 is 0 Å². The highest BCUT2D eigenvalue weighted by atomic mass is 35.5. The van der Waals surface area contributed by atoms with E-state index in [2.05, 4.69) is 23.9 Å². The van der Waals surface area contributed by atoms with E-state index < -0.39 is 5.97 Å². The number of rotatable bonds is 5. The van der Waals surface area contributed by atoms with Crippen LogP contribution in [0.15, 0.2) is 16.5 Å². The van der Waals surface area contributed by atoms with E-state index in [9.17, 15) is 4.79 Å². The minimum atomic E-state index is -0.440. The fraction of sp³-hybridized carbons (Fsp3) is 0.545. The second kappa shape index (κ2) is 7.30. The summed E-state index contributed by atoms with van der Waals surface area (Å²) in [7, 11) is 1.34. The van der Waals surface area contributed by atoms with Crippen LogP contribution in [0.2, 0.25) is 0 Å². The molecule has 0 amide bonds. The largest absolute Gasteiger partial charge is 1.00 e. The van der Waals surface area contributed by atoms with E-state index in [1.165, 1.54) is 7.11 Å². The summed E-state index contributed by atoms with van der Waals surface area (Å²) in [5.74, 6) is 0.555. The summed E-state index contributed by atoms with van der Waals surface area (Å²) >= 11 is 0. The normalized spacial score (nSPS) is 11.7. The molecule has 0 spiro atoms. The van der Waals surface area contributed by atoms with E-state index in [0.717, 1.165) is 12.2 Å². The van der Waals surface area contributed by atoms with Crippen molar-refractivity contribution in [2.24, 2.45) is 0 Å². The Morgan fingerprint density at radius 3 is 2.81 bits per heavy atom. The van der Waals surface area contributed by atoms with Crippen LogP contribution in [-0.4, -0.2) is 19.1 Å². The number of furan rings is 1. The van der Waals surface area contributed by atoms with Crippen molar-refractivity contribution in [3.8, 4) is 0 Å². The number of carbonyl (C=O) groups excluding carboxylic acids is 1. The van der Waals surface area contributed by atoms with Gasteiger partial charge in [-0.3, -0.25) is 0 Å². The summed E-state index contributed by atoms with van der Waals surface area (Å²) in [4.78, 5) is 11.1. The number of esters is 1. The lowest BCUT2D eigenvalue weighted by atomic mass is 10.2. The third kappa shape index (κ3) is 4.24. The number of halogens is 1. The van der Waals surface area contributed by atoms with Crippen molar-refractivity contribution in [2.45, 2.75) is 32.9 Å². The van der Waals surface area contributed by atoms with Gasteiger partial charge in [-0.15, -0.1) is 0 Å². The molecule has 0 saturated heterocycles. The number of nitrogens with one attached hydrogen (secondary N) is 1. The molecule has 0 fully saturated rings. The second-order valence-electron chi connectivity index (χ2n) is 3.45. The number of carbonyl (C=O) groups is 1. The smallest absolute Gasteiger partial charge is 0.373 e. The Hall–Kier alpha value is -1.00. The van der Waals surface area contributed by atoms with E-state index in [4.69, 9.17) is 4.42 Å². The molecule has 0 aromatic carbocycles. The van der Waals surface area contributed by atoms with Crippen LogP contribution in [0.4, 0.5) is 0 Å². The van der Waals surface area contributed by atoms with Gasteiger partial charge in [0.1, 0.15) is 5.76 Å². The van der Waals surface area contributed by atoms with Gasteiger partial charge in [-0.05, 0) is 25.5 Å². The van der Waals surface area contributed by atoms with Gasteiger partial charge in [0, 0.05) is 6.04 Å². The van der Waals surface area contributed by atoms with Gasteiger partial charge in [0.2, 0.25) is 5.76 Å².